The minimum atomic E-state index is -0.420. The molecule has 72 valence electrons. The lowest BCUT2D eigenvalue weighted by atomic mass is 10.5. The van der Waals surface area contributed by atoms with Crippen LogP contribution in [-0.2, 0) is 14.3 Å². The minimum absolute atomic E-state index is 0.0542. The molecule has 0 aromatic carbocycles. The highest BCUT2D eigenvalue weighted by Crippen LogP contribution is 1.86. The quantitative estimate of drug-likeness (QED) is 0.458. The summed E-state index contributed by atoms with van der Waals surface area (Å²) in [5.74, 6) is 3.98. The summed E-state index contributed by atoms with van der Waals surface area (Å²) >= 11 is 0. The highest BCUT2D eigenvalue weighted by molar-refractivity contribution is 5.95. The smallest absolute Gasteiger partial charge is 0.325 e. The Morgan fingerprint density at radius 3 is 2.54 bits per heavy atom. The van der Waals surface area contributed by atoms with Crippen LogP contribution in [0.25, 0.3) is 0 Å². The van der Waals surface area contributed by atoms with Crippen LogP contribution in [0.15, 0.2) is 0 Å². The Morgan fingerprint density at radius 2 is 2.08 bits per heavy atom. The van der Waals surface area contributed by atoms with E-state index in [9.17, 15) is 9.59 Å². The minimum Gasteiger partial charge on any atom is -0.465 e. The van der Waals surface area contributed by atoms with E-state index >= 15 is 0 Å². The summed E-state index contributed by atoms with van der Waals surface area (Å²) in [5.41, 5.74) is 0. The molecule has 0 N–H and O–H groups in total. The molecule has 0 bridgehead atoms. The van der Waals surface area contributed by atoms with Crippen molar-refractivity contribution in [3.05, 3.63) is 0 Å². The molecule has 13 heavy (non-hydrogen) atoms. The van der Waals surface area contributed by atoms with Crippen molar-refractivity contribution in [2.24, 2.45) is 0 Å². The first-order valence-corrected chi connectivity index (χ1v) is 3.95. The lowest BCUT2D eigenvalue weighted by molar-refractivity contribution is -0.146. The van der Waals surface area contributed by atoms with E-state index in [0.29, 0.717) is 6.61 Å². The van der Waals surface area contributed by atoms with Crippen LogP contribution in [-0.4, -0.2) is 37.0 Å². The fourth-order valence-electron chi connectivity index (χ4n) is 0.674. The van der Waals surface area contributed by atoms with Crippen LogP contribution in [0, 0.1) is 11.8 Å². The van der Waals surface area contributed by atoms with Gasteiger partial charge in [0.15, 0.2) is 0 Å². The van der Waals surface area contributed by atoms with Crippen molar-refractivity contribution in [1.29, 1.82) is 0 Å². The van der Waals surface area contributed by atoms with Crippen LogP contribution < -0.4 is 0 Å². The SMILES string of the molecule is CC#CC(=O)N(C)CC(=O)OCC. The van der Waals surface area contributed by atoms with Crippen LogP contribution >= 0.6 is 0 Å². The molecule has 0 aliphatic rings. The number of nitrogens with zero attached hydrogens (tertiary/aromatic N) is 1. The van der Waals surface area contributed by atoms with E-state index in [4.69, 9.17) is 0 Å². The monoisotopic (exact) mass is 183 g/mol. The number of carbonyl (C=O) groups is 2. The molecular weight excluding hydrogens is 170 g/mol. The van der Waals surface area contributed by atoms with Gasteiger partial charge in [-0.3, -0.25) is 9.59 Å². The van der Waals surface area contributed by atoms with Gasteiger partial charge in [0.05, 0.1) is 6.61 Å². The van der Waals surface area contributed by atoms with E-state index in [2.05, 4.69) is 16.6 Å². The van der Waals surface area contributed by atoms with E-state index in [-0.39, 0.29) is 12.5 Å². The van der Waals surface area contributed by atoms with E-state index in [1.54, 1.807) is 13.8 Å². The Bertz CT molecular complexity index is 249. The third-order valence-electron chi connectivity index (χ3n) is 1.25. The number of esters is 1. The van der Waals surface area contributed by atoms with Gasteiger partial charge in [-0.1, -0.05) is 5.92 Å². The van der Waals surface area contributed by atoms with Crippen LogP contribution in [0.4, 0.5) is 0 Å². The Morgan fingerprint density at radius 1 is 1.46 bits per heavy atom. The molecule has 0 unspecified atom stereocenters. The van der Waals surface area contributed by atoms with Gasteiger partial charge in [-0.15, -0.1) is 0 Å². The third kappa shape index (κ3) is 4.86. The number of hydrogen-bond donors (Lipinski definition) is 0. The van der Waals surface area contributed by atoms with Crippen LogP contribution in [0.3, 0.4) is 0 Å². The van der Waals surface area contributed by atoms with Crippen LogP contribution in [0.5, 0.6) is 0 Å². The highest BCUT2D eigenvalue weighted by Gasteiger charge is 2.10. The van der Waals surface area contributed by atoms with Crippen molar-refractivity contribution in [3.8, 4) is 11.8 Å². The van der Waals surface area contributed by atoms with Crippen molar-refractivity contribution in [2.45, 2.75) is 13.8 Å². The molecule has 0 aromatic rings. The molecule has 0 saturated carbocycles. The zero-order valence-corrected chi connectivity index (χ0v) is 8.09. The van der Waals surface area contributed by atoms with E-state index < -0.39 is 5.97 Å². The molecule has 0 saturated heterocycles. The molecule has 0 spiro atoms. The predicted octanol–water partition coefficient (Wildman–Crippen LogP) is 0.0312. The van der Waals surface area contributed by atoms with Gasteiger partial charge >= 0.3 is 5.97 Å². The Balaban J connectivity index is 3.97. The molecule has 4 nitrogen and oxygen atoms in total. The topological polar surface area (TPSA) is 46.6 Å². The zero-order chi connectivity index (χ0) is 10.3. The van der Waals surface area contributed by atoms with Gasteiger partial charge in [-0.25, -0.2) is 0 Å². The Labute approximate surface area is 77.9 Å². The summed E-state index contributed by atoms with van der Waals surface area (Å²) < 4.78 is 4.66. The zero-order valence-electron chi connectivity index (χ0n) is 8.09. The lowest BCUT2D eigenvalue weighted by Crippen LogP contribution is -2.32. The van der Waals surface area contributed by atoms with E-state index in [1.807, 2.05) is 0 Å². The average molecular weight is 183 g/mol. The molecule has 0 aliphatic carbocycles. The number of ether oxygens (including phenoxy) is 1. The standard InChI is InChI=1S/C9H13NO3/c1-4-6-8(11)10(3)7-9(12)13-5-2/h5,7H2,1-3H3. The number of likely N-dealkylation sites (N-methyl/N-ethyl adjacent to an activating group) is 1. The number of amides is 1. The van der Waals surface area contributed by atoms with Gasteiger partial charge in [0, 0.05) is 7.05 Å². The molecule has 0 aliphatic heterocycles. The van der Waals surface area contributed by atoms with Gasteiger partial charge in [0.2, 0.25) is 0 Å². The first-order chi connectivity index (χ1) is 6.11. The summed E-state index contributed by atoms with van der Waals surface area (Å²) in [6.07, 6.45) is 0. The number of hydrogen-bond acceptors (Lipinski definition) is 3. The summed E-state index contributed by atoms with van der Waals surface area (Å²) in [6.45, 7) is 3.54. The van der Waals surface area contributed by atoms with Crippen molar-refractivity contribution < 1.29 is 14.3 Å². The summed E-state index contributed by atoms with van der Waals surface area (Å²) in [4.78, 5) is 23.1. The van der Waals surface area contributed by atoms with Gasteiger partial charge in [-0.05, 0) is 19.8 Å². The van der Waals surface area contributed by atoms with Crippen LogP contribution in [0.1, 0.15) is 13.8 Å². The largest absolute Gasteiger partial charge is 0.465 e. The first-order valence-electron chi connectivity index (χ1n) is 3.95. The van der Waals surface area contributed by atoms with E-state index in [0.717, 1.165) is 0 Å². The fourth-order valence-corrected chi connectivity index (χ4v) is 0.674. The summed E-state index contributed by atoms with van der Waals surface area (Å²) in [6, 6.07) is 0. The van der Waals surface area contributed by atoms with Crippen molar-refractivity contribution in [2.75, 3.05) is 20.2 Å². The van der Waals surface area contributed by atoms with Crippen LogP contribution in [0.2, 0.25) is 0 Å². The Hall–Kier alpha value is -1.50. The third-order valence-corrected chi connectivity index (χ3v) is 1.25. The molecule has 0 heterocycles. The molecule has 0 fully saturated rings. The van der Waals surface area contributed by atoms with Crippen molar-refractivity contribution in [3.63, 3.8) is 0 Å². The van der Waals surface area contributed by atoms with Crippen molar-refractivity contribution in [1.82, 2.24) is 4.90 Å². The molecule has 0 radical (unpaired) electrons. The summed E-state index contributed by atoms with van der Waals surface area (Å²) in [7, 11) is 1.50. The second-order valence-corrected chi connectivity index (χ2v) is 2.34. The molecule has 0 rings (SSSR count). The number of carbonyl (C=O) groups excluding carboxylic acids is 2. The normalized spacial score (nSPS) is 8.23. The molecular formula is C9H13NO3. The van der Waals surface area contributed by atoms with Crippen molar-refractivity contribution >= 4 is 11.9 Å². The van der Waals surface area contributed by atoms with Gasteiger partial charge < -0.3 is 9.64 Å². The molecule has 1 amide bonds. The van der Waals surface area contributed by atoms with E-state index in [1.165, 1.54) is 11.9 Å². The second kappa shape index (κ2) is 6.06. The lowest BCUT2D eigenvalue weighted by Gasteiger charge is -2.11. The molecule has 4 heteroatoms. The maximum absolute atomic E-state index is 11.0. The molecule has 0 atom stereocenters. The van der Waals surface area contributed by atoms with Gasteiger partial charge in [0.1, 0.15) is 6.54 Å². The average Bonchev–Trinajstić information content (AvgIpc) is 2.05. The maximum Gasteiger partial charge on any atom is 0.325 e. The Kier molecular flexibility index (Phi) is 5.37. The predicted molar refractivity (Wildman–Crippen MR) is 47.7 cm³/mol. The van der Waals surface area contributed by atoms with Gasteiger partial charge in [0.25, 0.3) is 5.91 Å². The highest BCUT2D eigenvalue weighted by atomic mass is 16.5. The first kappa shape index (κ1) is 11.5. The number of rotatable bonds is 3. The van der Waals surface area contributed by atoms with Gasteiger partial charge in [-0.2, -0.15) is 0 Å². The molecule has 0 aromatic heterocycles. The maximum atomic E-state index is 11.0. The fraction of sp³-hybridized carbons (Fsp3) is 0.556. The summed E-state index contributed by atoms with van der Waals surface area (Å²) in [5, 5.41) is 0. The second-order valence-electron chi connectivity index (χ2n) is 2.34.